The summed E-state index contributed by atoms with van der Waals surface area (Å²) in [5.74, 6) is 0.737. The molecule has 0 fully saturated rings. The van der Waals surface area contributed by atoms with Crippen LogP contribution in [0.3, 0.4) is 0 Å². The first-order valence-electron chi connectivity index (χ1n) is 5.47. The van der Waals surface area contributed by atoms with Gasteiger partial charge in [0, 0.05) is 19.2 Å². The van der Waals surface area contributed by atoms with Gasteiger partial charge in [0.05, 0.1) is 18.0 Å². The van der Waals surface area contributed by atoms with Crippen molar-refractivity contribution in [1.29, 1.82) is 0 Å². The molecule has 2 rings (SSSR count). The van der Waals surface area contributed by atoms with Crippen LogP contribution >= 0.6 is 0 Å². The summed E-state index contributed by atoms with van der Waals surface area (Å²) >= 11 is 0. The van der Waals surface area contributed by atoms with Crippen molar-refractivity contribution < 1.29 is 17.9 Å². The summed E-state index contributed by atoms with van der Waals surface area (Å²) in [5.41, 5.74) is 5.00. The van der Waals surface area contributed by atoms with E-state index in [0.717, 1.165) is 12.1 Å². The number of benzene rings is 1. The lowest BCUT2D eigenvalue weighted by Crippen LogP contribution is -2.07. The molecule has 2 N–H and O–H groups in total. The SMILES string of the molecule is Cn1cc(Oc2ccc(C(F)(F)F)cc2CN)cn1. The van der Waals surface area contributed by atoms with Crippen LogP contribution in [0.1, 0.15) is 11.1 Å². The van der Waals surface area contributed by atoms with Crippen LogP contribution in [0.25, 0.3) is 0 Å². The molecule has 0 aliphatic rings. The Balaban J connectivity index is 2.31. The van der Waals surface area contributed by atoms with Gasteiger partial charge in [-0.2, -0.15) is 18.3 Å². The van der Waals surface area contributed by atoms with Crippen molar-refractivity contribution in [2.45, 2.75) is 12.7 Å². The van der Waals surface area contributed by atoms with Crippen molar-refractivity contribution >= 4 is 0 Å². The van der Waals surface area contributed by atoms with Gasteiger partial charge >= 0.3 is 6.18 Å². The maximum absolute atomic E-state index is 12.6. The molecule has 0 amide bonds. The number of aryl methyl sites for hydroxylation is 1. The van der Waals surface area contributed by atoms with E-state index in [1.807, 2.05) is 0 Å². The highest BCUT2D eigenvalue weighted by atomic mass is 19.4. The van der Waals surface area contributed by atoms with E-state index in [9.17, 15) is 13.2 Å². The molecule has 4 nitrogen and oxygen atoms in total. The van der Waals surface area contributed by atoms with Crippen LogP contribution in [0.15, 0.2) is 30.6 Å². The van der Waals surface area contributed by atoms with E-state index in [4.69, 9.17) is 10.5 Å². The number of aromatic nitrogens is 2. The Hall–Kier alpha value is -2.02. The number of ether oxygens (including phenoxy) is 1. The molecule has 1 heterocycles. The Bertz CT molecular complexity index is 578. The molecule has 0 saturated carbocycles. The number of nitrogens with two attached hydrogens (primary N) is 1. The van der Waals surface area contributed by atoms with Crippen molar-refractivity contribution in [2.75, 3.05) is 0 Å². The summed E-state index contributed by atoms with van der Waals surface area (Å²) in [6, 6.07) is 3.22. The number of nitrogens with zero attached hydrogens (tertiary/aromatic N) is 2. The third-order valence-corrected chi connectivity index (χ3v) is 2.52. The molecule has 0 saturated heterocycles. The second-order valence-corrected chi connectivity index (χ2v) is 3.98. The van der Waals surface area contributed by atoms with Crippen LogP contribution in [0.2, 0.25) is 0 Å². The minimum Gasteiger partial charge on any atom is -0.454 e. The summed E-state index contributed by atoms with van der Waals surface area (Å²) in [5, 5.41) is 3.91. The van der Waals surface area contributed by atoms with Crippen LogP contribution in [0, 0.1) is 0 Å². The molecule has 0 atom stereocenters. The number of alkyl halides is 3. The Labute approximate surface area is 107 Å². The molecule has 2 aromatic rings. The van der Waals surface area contributed by atoms with Gasteiger partial charge in [0.2, 0.25) is 0 Å². The van der Waals surface area contributed by atoms with Gasteiger partial charge in [-0.05, 0) is 18.2 Å². The maximum atomic E-state index is 12.6. The van der Waals surface area contributed by atoms with Crippen molar-refractivity contribution in [2.24, 2.45) is 12.8 Å². The van der Waals surface area contributed by atoms with Gasteiger partial charge in [-0.15, -0.1) is 0 Å². The number of hydrogen-bond donors (Lipinski definition) is 1. The normalized spacial score (nSPS) is 11.6. The molecular formula is C12H12F3N3O. The molecule has 0 unspecified atom stereocenters. The van der Waals surface area contributed by atoms with E-state index in [0.29, 0.717) is 17.1 Å². The van der Waals surface area contributed by atoms with E-state index in [1.54, 1.807) is 13.2 Å². The molecule has 7 heteroatoms. The average Bonchev–Trinajstić information content (AvgIpc) is 2.74. The number of halogens is 3. The highest BCUT2D eigenvalue weighted by molar-refractivity contribution is 5.40. The molecule has 1 aromatic heterocycles. The Morgan fingerprint density at radius 1 is 1.37 bits per heavy atom. The summed E-state index contributed by atoms with van der Waals surface area (Å²) in [4.78, 5) is 0. The van der Waals surface area contributed by atoms with Gasteiger partial charge in [-0.25, -0.2) is 0 Å². The average molecular weight is 271 g/mol. The number of hydrogen-bond acceptors (Lipinski definition) is 3. The van der Waals surface area contributed by atoms with Crippen LogP contribution in [-0.4, -0.2) is 9.78 Å². The van der Waals surface area contributed by atoms with Gasteiger partial charge in [0.1, 0.15) is 5.75 Å². The zero-order valence-corrected chi connectivity index (χ0v) is 10.1. The first-order valence-corrected chi connectivity index (χ1v) is 5.47. The molecule has 0 aliphatic carbocycles. The van der Waals surface area contributed by atoms with Gasteiger partial charge < -0.3 is 10.5 Å². The molecule has 0 aliphatic heterocycles. The van der Waals surface area contributed by atoms with Crippen LogP contribution in [0.5, 0.6) is 11.5 Å². The predicted octanol–water partition coefficient (Wildman–Crippen LogP) is 2.69. The molecule has 0 bridgehead atoms. The Morgan fingerprint density at radius 2 is 2.11 bits per heavy atom. The molecular weight excluding hydrogens is 259 g/mol. The lowest BCUT2D eigenvalue weighted by Gasteiger charge is -2.12. The van der Waals surface area contributed by atoms with Gasteiger partial charge in [0.15, 0.2) is 5.75 Å². The minimum absolute atomic E-state index is 0.0421. The van der Waals surface area contributed by atoms with Crippen LogP contribution < -0.4 is 10.5 Å². The molecule has 19 heavy (non-hydrogen) atoms. The van der Waals surface area contributed by atoms with E-state index in [1.165, 1.54) is 16.9 Å². The minimum atomic E-state index is -4.39. The van der Waals surface area contributed by atoms with Gasteiger partial charge in [0.25, 0.3) is 0 Å². The predicted molar refractivity (Wildman–Crippen MR) is 62.6 cm³/mol. The van der Waals surface area contributed by atoms with E-state index in [2.05, 4.69) is 5.10 Å². The van der Waals surface area contributed by atoms with Crippen molar-refractivity contribution in [1.82, 2.24) is 9.78 Å². The quantitative estimate of drug-likeness (QED) is 0.933. The van der Waals surface area contributed by atoms with Gasteiger partial charge in [-0.3, -0.25) is 4.68 Å². The Morgan fingerprint density at radius 3 is 2.63 bits per heavy atom. The van der Waals surface area contributed by atoms with E-state index >= 15 is 0 Å². The molecule has 0 radical (unpaired) electrons. The standard InChI is InChI=1S/C12H12F3N3O/c1-18-7-10(6-17-18)19-11-3-2-9(12(13,14)15)4-8(11)5-16/h2-4,6-7H,5,16H2,1H3. The fourth-order valence-electron chi connectivity index (χ4n) is 1.59. The summed E-state index contributed by atoms with van der Waals surface area (Å²) in [7, 11) is 1.71. The van der Waals surface area contributed by atoms with E-state index in [-0.39, 0.29) is 6.54 Å². The summed E-state index contributed by atoms with van der Waals surface area (Å²) in [6.45, 7) is -0.0421. The second kappa shape index (κ2) is 4.93. The fraction of sp³-hybridized carbons (Fsp3) is 0.250. The number of rotatable bonds is 3. The largest absolute Gasteiger partial charge is 0.454 e. The molecule has 1 aromatic carbocycles. The lowest BCUT2D eigenvalue weighted by atomic mass is 10.1. The third-order valence-electron chi connectivity index (χ3n) is 2.52. The highest BCUT2D eigenvalue weighted by Crippen LogP contribution is 2.33. The first-order chi connectivity index (χ1) is 8.90. The van der Waals surface area contributed by atoms with Crippen molar-refractivity contribution in [3.8, 4) is 11.5 Å². The monoisotopic (exact) mass is 271 g/mol. The topological polar surface area (TPSA) is 53.1 Å². The first kappa shape index (κ1) is 13.4. The maximum Gasteiger partial charge on any atom is 0.416 e. The zero-order chi connectivity index (χ0) is 14.0. The second-order valence-electron chi connectivity index (χ2n) is 3.98. The summed E-state index contributed by atoms with van der Waals surface area (Å²) < 4.78 is 44.7. The summed E-state index contributed by atoms with van der Waals surface area (Å²) in [6.07, 6.45) is -1.31. The third kappa shape index (κ3) is 3.05. The smallest absolute Gasteiger partial charge is 0.416 e. The van der Waals surface area contributed by atoms with Gasteiger partial charge in [-0.1, -0.05) is 0 Å². The van der Waals surface area contributed by atoms with Crippen LogP contribution in [-0.2, 0) is 19.8 Å². The zero-order valence-electron chi connectivity index (χ0n) is 10.1. The van der Waals surface area contributed by atoms with Crippen molar-refractivity contribution in [3.63, 3.8) is 0 Å². The fourth-order valence-corrected chi connectivity index (χ4v) is 1.59. The molecule has 0 spiro atoms. The Kier molecular flexibility index (Phi) is 3.48. The van der Waals surface area contributed by atoms with Crippen LogP contribution in [0.4, 0.5) is 13.2 Å². The highest BCUT2D eigenvalue weighted by Gasteiger charge is 2.31. The van der Waals surface area contributed by atoms with E-state index < -0.39 is 11.7 Å². The van der Waals surface area contributed by atoms with Crippen molar-refractivity contribution in [3.05, 3.63) is 41.7 Å². The lowest BCUT2D eigenvalue weighted by molar-refractivity contribution is -0.137. The molecule has 102 valence electrons.